The molecule has 2 saturated heterocycles. The highest BCUT2D eigenvalue weighted by Crippen LogP contribution is 2.44. The Kier molecular flexibility index (Phi) is 18.9. The van der Waals surface area contributed by atoms with Crippen molar-refractivity contribution in [2.45, 2.75) is 146 Å². The Morgan fingerprint density at radius 1 is 0.418 bits per heavy atom. The molecule has 15 heteroatoms. The maximum atomic E-state index is 14.2. The van der Waals surface area contributed by atoms with Crippen molar-refractivity contribution in [1.29, 1.82) is 0 Å². The Balaban J connectivity index is 0.763. The molecule has 0 radical (unpaired) electrons. The van der Waals surface area contributed by atoms with Gasteiger partial charge in [0, 0.05) is 86.3 Å². The molecule has 5 aliphatic rings. The molecule has 0 unspecified atom stereocenters. The summed E-state index contributed by atoms with van der Waals surface area (Å²) in [4.78, 5) is 99.5. The van der Waals surface area contributed by atoms with Crippen molar-refractivity contribution in [3.8, 4) is 0 Å². The predicted molar refractivity (Wildman–Crippen MR) is 303 cm³/mol. The van der Waals surface area contributed by atoms with Crippen LogP contribution < -0.4 is 26.6 Å². The van der Waals surface area contributed by atoms with Crippen LogP contribution in [0, 0.1) is 23.7 Å². The molecular formula is C64H81N7O8. The van der Waals surface area contributed by atoms with Crippen LogP contribution in [0.3, 0.4) is 0 Å². The number of ether oxygens (including phenoxy) is 1. The van der Waals surface area contributed by atoms with Gasteiger partial charge < -0.3 is 41.1 Å². The molecule has 9 rings (SSSR count). The average Bonchev–Trinajstić information content (AvgIpc) is 4.47. The molecule has 79 heavy (non-hydrogen) atoms. The number of nitrogens with zero attached hydrogens (tertiary/aromatic N) is 2. The minimum atomic E-state index is -0.739. The molecule has 5 N–H and O–H groups in total. The lowest BCUT2D eigenvalue weighted by Gasteiger charge is -2.19. The van der Waals surface area contributed by atoms with E-state index < -0.39 is 29.3 Å². The van der Waals surface area contributed by atoms with Crippen molar-refractivity contribution in [1.82, 2.24) is 36.4 Å². The van der Waals surface area contributed by atoms with E-state index in [1.165, 1.54) is 6.42 Å². The lowest BCUT2D eigenvalue weighted by molar-refractivity contribution is -0.133. The van der Waals surface area contributed by atoms with Crippen LogP contribution in [0.5, 0.6) is 0 Å². The van der Waals surface area contributed by atoms with E-state index in [4.69, 9.17) is 4.74 Å². The van der Waals surface area contributed by atoms with Crippen molar-refractivity contribution in [3.63, 3.8) is 0 Å². The Morgan fingerprint density at radius 2 is 0.722 bits per heavy atom. The summed E-state index contributed by atoms with van der Waals surface area (Å²) in [5, 5.41) is 15.5. The molecule has 4 aromatic rings. The van der Waals surface area contributed by atoms with Gasteiger partial charge >= 0.3 is 6.09 Å². The van der Waals surface area contributed by atoms with Crippen molar-refractivity contribution in [2.24, 2.45) is 23.7 Å². The maximum absolute atomic E-state index is 14.2. The molecule has 0 bridgehead atoms. The fraction of sp³-hybridized carbons (Fsp3) is 0.516. The van der Waals surface area contributed by atoms with Crippen LogP contribution in [0.15, 0.2) is 115 Å². The van der Waals surface area contributed by atoms with Crippen LogP contribution >= 0.6 is 0 Å². The first-order chi connectivity index (χ1) is 38.2. The number of benzene rings is 4. The first-order valence-corrected chi connectivity index (χ1v) is 29.2. The topological polar surface area (TPSA) is 195 Å². The SMILES string of the molecule is CC(C)(C)OC(=O)NCCCCCCCCCCCCNC(=O)[C@@H]1CN(C(=O)c2ccc(C(=O)N3C[C@@H](C(=O)N[C@H]4C[C@@H]4c4ccccc4)[C@H](C(=O)N[C@H]4C[C@@H]4c4ccccc4)C3)cc2)C[C@H]1C(=O)N[C@H]1C[C@@H]1c1ccccc1. The number of rotatable bonds is 25. The first kappa shape index (κ1) is 56.7. The minimum absolute atomic E-state index is 0.0392. The van der Waals surface area contributed by atoms with Crippen LogP contribution in [-0.2, 0) is 23.9 Å². The molecule has 5 fully saturated rings. The molecule has 10 atom stereocenters. The fourth-order valence-electron chi connectivity index (χ4n) is 11.8. The van der Waals surface area contributed by atoms with E-state index >= 15 is 0 Å². The predicted octanol–water partition coefficient (Wildman–Crippen LogP) is 8.62. The van der Waals surface area contributed by atoms with Crippen molar-refractivity contribution < 1.29 is 38.3 Å². The quantitative estimate of drug-likeness (QED) is 0.0407. The number of carbonyl (C=O) groups is 7. The van der Waals surface area contributed by atoms with Gasteiger partial charge in [-0.1, -0.05) is 142 Å². The van der Waals surface area contributed by atoms with E-state index in [0.29, 0.717) is 24.2 Å². The zero-order valence-corrected chi connectivity index (χ0v) is 46.3. The van der Waals surface area contributed by atoms with Crippen LogP contribution in [0.1, 0.15) is 159 Å². The van der Waals surface area contributed by atoms with Gasteiger partial charge in [0.25, 0.3) is 11.8 Å². The molecule has 15 nitrogen and oxygen atoms in total. The summed E-state index contributed by atoms with van der Waals surface area (Å²) in [6.45, 7) is 6.98. The lowest BCUT2D eigenvalue weighted by atomic mass is 9.94. The number of hydrogen-bond acceptors (Lipinski definition) is 8. The van der Waals surface area contributed by atoms with Gasteiger partial charge in [0.05, 0.1) is 23.7 Å². The number of likely N-dealkylation sites (tertiary alicyclic amines) is 2. The zero-order chi connectivity index (χ0) is 55.5. The number of alkyl carbamates (subject to hydrolysis) is 1. The minimum Gasteiger partial charge on any atom is -0.444 e. The van der Waals surface area contributed by atoms with Crippen molar-refractivity contribution in [3.05, 3.63) is 143 Å². The highest BCUT2D eigenvalue weighted by Gasteiger charge is 2.50. The molecule has 7 amide bonds. The summed E-state index contributed by atoms with van der Waals surface area (Å²) in [6.07, 6.45) is 12.7. The standard InChI is InChI=1S/C64H81N7O8/c1-64(2,3)79-63(78)66-34-22-11-9-7-5-4-6-8-10-21-33-65-57(72)50-38-70(39-51(50)58(73)67-54-35-47(54)42-23-15-12-16-24-42)61(76)45-29-31-46(32-30-45)62(77)71-40-52(59(74)68-55-36-48(55)43-25-17-13-18-26-43)53(41-71)60(75)69-56-37-49(56)44-27-19-14-20-28-44/h12-20,23-32,47-56H,4-11,21-22,33-41H2,1-3H3,(H,65,72)(H,66,78)(H,67,73)(H,68,74)(H,69,75)/t47-,48-,49-,50-,51-,52-,53-,54+,55+,56+/m1/s1. The first-order valence-electron chi connectivity index (χ1n) is 29.2. The van der Waals surface area contributed by atoms with Gasteiger partial charge in [0.1, 0.15) is 5.60 Å². The normalized spacial score (nSPS) is 24.7. The van der Waals surface area contributed by atoms with Crippen LogP contribution in [0.2, 0.25) is 0 Å². The van der Waals surface area contributed by atoms with E-state index in [2.05, 4.69) is 63.0 Å². The largest absolute Gasteiger partial charge is 0.444 e. The summed E-state index contributed by atoms with van der Waals surface area (Å²) in [5.41, 5.74) is 3.62. The average molecular weight is 1080 g/mol. The van der Waals surface area contributed by atoms with Gasteiger partial charge in [-0.2, -0.15) is 0 Å². The summed E-state index contributed by atoms with van der Waals surface area (Å²) in [6, 6.07) is 36.5. The molecular weight excluding hydrogens is 995 g/mol. The molecule has 0 aromatic heterocycles. The van der Waals surface area contributed by atoms with Crippen molar-refractivity contribution in [2.75, 3.05) is 39.3 Å². The van der Waals surface area contributed by atoms with Crippen LogP contribution in [-0.4, -0.2) is 114 Å². The van der Waals surface area contributed by atoms with Gasteiger partial charge in [-0.25, -0.2) is 4.79 Å². The maximum Gasteiger partial charge on any atom is 0.407 e. The number of amides is 7. The van der Waals surface area contributed by atoms with Gasteiger partial charge in [0.15, 0.2) is 0 Å². The number of nitrogens with one attached hydrogen (secondary N) is 5. The number of hydrogen-bond donors (Lipinski definition) is 5. The van der Waals surface area contributed by atoms with E-state index in [1.807, 2.05) is 75.4 Å². The van der Waals surface area contributed by atoms with E-state index in [0.717, 1.165) is 93.7 Å². The van der Waals surface area contributed by atoms with Crippen LogP contribution in [0.25, 0.3) is 0 Å². The summed E-state index contributed by atoms with van der Waals surface area (Å²) in [7, 11) is 0. The smallest absolute Gasteiger partial charge is 0.407 e. The molecule has 2 aliphatic heterocycles. The second kappa shape index (κ2) is 26.3. The molecule has 2 heterocycles. The Bertz CT molecular complexity index is 2660. The third-order valence-corrected chi connectivity index (χ3v) is 16.5. The molecule has 3 aliphatic carbocycles. The Hall–Kier alpha value is -7.03. The lowest BCUT2D eigenvalue weighted by Crippen LogP contribution is -2.43. The summed E-state index contributed by atoms with van der Waals surface area (Å²) >= 11 is 0. The molecule has 420 valence electrons. The van der Waals surface area contributed by atoms with Gasteiger partial charge in [-0.15, -0.1) is 0 Å². The third-order valence-electron chi connectivity index (χ3n) is 16.5. The van der Waals surface area contributed by atoms with E-state index in [9.17, 15) is 33.6 Å². The second-order valence-corrected chi connectivity index (χ2v) is 23.8. The van der Waals surface area contributed by atoms with Gasteiger partial charge in [-0.05, 0) is 93.8 Å². The monoisotopic (exact) mass is 1080 g/mol. The fourth-order valence-corrected chi connectivity index (χ4v) is 11.8. The second-order valence-electron chi connectivity index (χ2n) is 23.8. The number of carbonyl (C=O) groups excluding carboxylic acids is 7. The van der Waals surface area contributed by atoms with Crippen molar-refractivity contribution >= 4 is 41.5 Å². The summed E-state index contributed by atoms with van der Waals surface area (Å²) in [5.74, 6) is -3.95. The van der Waals surface area contributed by atoms with Gasteiger partial charge in [-0.3, -0.25) is 28.8 Å². The van der Waals surface area contributed by atoms with Crippen LogP contribution in [0.4, 0.5) is 4.79 Å². The molecule has 3 saturated carbocycles. The third kappa shape index (κ3) is 15.6. The zero-order valence-electron chi connectivity index (χ0n) is 46.3. The molecule has 0 spiro atoms. The highest BCUT2D eigenvalue weighted by molar-refractivity contribution is 6.00. The summed E-state index contributed by atoms with van der Waals surface area (Å²) < 4.78 is 5.28. The Labute approximate surface area is 466 Å². The number of unbranched alkanes of at least 4 members (excludes halogenated alkanes) is 9. The molecule has 4 aromatic carbocycles. The van der Waals surface area contributed by atoms with E-state index in [-0.39, 0.29) is 104 Å². The Morgan fingerprint density at radius 3 is 1.05 bits per heavy atom. The highest BCUT2D eigenvalue weighted by atomic mass is 16.6. The van der Waals surface area contributed by atoms with E-state index in [1.54, 1.807) is 34.1 Å². The van der Waals surface area contributed by atoms with Gasteiger partial charge in [0.2, 0.25) is 23.6 Å².